The summed E-state index contributed by atoms with van der Waals surface area (Å²) in [4.78, 5) is 70.6. The predicted octanol–water partition coefficient (Wildman–Crippen LogP) is 18.0. The molecule has 5 aromatic carbocycles. The molecule has 0 spiro atoms. The number of amides is 4. The molecule has 1 aliphatic heterocycles. The van der Waals surface area contributed by atoms with E-state index in [-0.39, 0.29) is 6.04 Å². The van der Waals surface area contributed by atoms with Gasteiger partial charge in [0.15, 0.2) is 0 Å². The molecular formula is C72H93N8O8+. The van der Waals surface area contributed by atoms with Crippen molar-refractivity contribution in [3.05, 3.63) is 137 Å². The van der Waals surface area contributed by atoms with Crippen molar-refractivity contribution in [2.75, 3.05) is 33.1 Å². The molecule has 88 heavy (non-hydrogen) atoms. The molecule has 468 valence electrons. The molecule has 2 aliphatic rings. The van der Waals surface area contributed by atoms with Crippen LogP contribution in [-0.2, 0) is 18.9 Å². The number of rotatable bonds is 19. The van der Waals surface area contributed by atoms with E-state index in [1.54, 1.807) is 9.80 Å². The zero-order valence-electron chi connectivity index (χ0n) is 54.9. The number of fused-ring (bicyclic) bond motifs is 4. The maximum atomic E-state index is 14.2. The van der Waals surface area contributed by atoms with Crippen molar-refractivity contribution in [2.45, 2.75) is 203 Å². The van der Waals surface area contributed by atoms with Gasteiger partial charge in [-0.15, -0.1) is 4.57 Å². The summed E-state index contributed by atoms with van der Waals surface area (Å²) < 4.78 is 25.5. The second kappa shape index (κ2) is 27.4. The first kappa shape index (κ1) is 65.7. The number of alkyl carbamates (subject to hydrolysis) is 1. The topological polar surface area (TPSA) is 168 Å². The van der Waals surface area contributed by atoms with Gasteiger partial charge in [-0.2, -0.15) is 0 Å². The van der Waals surface area contributed by atoms with Crippen LogP contribution in [0, 0.1) is 20.8 Å². The van der Waals surface area contributed by atoms with Crippen LogP contribution in [0.1, 0.15) is 171 Å². The van der Waals surface area contributed by atoms with Gasteiger partial charge in [-0.3, -0.25) is 20.4 Å². The van der Waals surface area contributed by atoms with E-state index in [1.165, 1.54) is 0 Å². The smallest absolute Gasteiger partial charge is 0.414 e. The highest BCUT2D eigenvalue weighted by atomic mass is 16.6. The van der Waals surface area contributed by atoms with E-state index in [4.69, 9.17) is 28.9 Å². The van der Waals surface area contributed by atoms with Crippen molar-refractivity contribution < 1.29 is 42.7 Å². The Labute approximate surface area is 521 Å². The summed E-state index contributed by atoms with van der Waals surface area (Å²) in [6.07, 6.45) is 12.1. The number of carbonyl (C=O) groups is 4. The largest absolute Gasteiger partial charge is 0.444 e. The van der Waals surface area contributed by atoms with E-state index in [9.17, 15) is 19.2 Å². The fraction of sp³-hybridized carbons (Fsp3) is 0.458. The standard InChI is InChI=1S/C72H92N8O8/c1-47-39-55-61(43-53(47)75-65(81)85-69(5,6)7)79(51-33-27-25-28-34-51)63-45-59(49(3)41-57(63)73-55)77(67(83)87-71(11,12)13)37-31-23-21-19-17-18-20-22-24-32-38-78(68(84)88-72(14,15)16)60-46-64-58(42-50(60)4)74-56-40-48(2)54(76-66(82)86-70(8,9)10)44-62(56)80(64)52-35-29-26-30-36-52/h25-30,33-36,39-46,61H,17-24,31-32,37-38H2,1-16H3,(H,75,81)/p+1. The fourth-order valence-electron chi connectivity index (χ4n) is 11.1. The third-order valence-electron chi connectivity index (χ3n) is 15.0. The van der Waals surface area contributed by atoms with Crippen LogP contribution >= 0.6 is 0 Å². The molecule has 1 unspecified atom stereocenters. The third-order valence-corrected chi connectivity index (χ3v) is 15.0. The second-order valence-corrected chi connectivity index (χ2v) is 27.3. The third kappa shape index (κ3) is 17.3. The van der Waals surface area contributed by atoms with Crippen LogP contribution in [0.2, 0.25) is 0 Å². The first-order valence-corrected chi connectivity index (χ1v) is 31.3. The number of para-hydroxylation sites is 2. The zero-order valence-corrected chi connectivity index (χ0v) is 54.9. The van der Waals surface area contributed by atoms with Crippen LogP contribution in [0.4, 0.5) is 53.3 Å². The van der Waals surface area contributed by atoms with Gasteiger partial charge in [-0.1, -0.05) is 87.8 Å². The van der Waals surface area contributed by atoms with Crippen molar-refractivity contribution in [3.8, 4) is 5.69 Å². The van der Waals surface area contributed by atoms with Crippen LogP contribution in [0.25, 0.3) is 27.8 Å². The molecule has 0 saturated carbocycles. The Kier molecular flexibility index (Phi) is 20.5. The molecule has 0 bridgehead atoms. The lowest BCUT2D eigenvalue weighted by atomic mass is 9.93. The highest BCUT2D eigenvalue weighted by Crippen LogP contribution is 2.46. The Morgan fingerprint density at radius 3 is 1.51 bits per heavy atom. The Bertz CT molecular complexity index is 3620. The summed E-state index contributed by atoms with van der Waals surface area (Å²) >= 11 is 0. The number of nitrogens with zero attached hydrogens (tertiary/aromatic N) is 6. The highest BCUT2D eigenvalue weighted by molar-refractivity contribution is 6.11. The second-order valence-electron chi connectivity index (χ2n) is 27.3. The van der Waals surface area contributed by atoms with E-state index in [0.29, 0.717) is 24.5 Å². The van der Waals surface area contributed by atoms with E-state index in [0.717, 1.165) is 148 Å². The quantitative estimate of drug-likeness (QED) is 0.0345. The van der Waals surface area contributed by atoms with Gasteiger partial charge in [-0.05, 0) is 194 Å². The van der Waals surface area contributed by atoms with Crippen molar-refractivity contribution in [1.29, 1.82) is 0 Å². The lowest BCUT2D eigenvalue weighted by molar-refractivity contribution is -0.538. The average molecular weight is 1200 g/mol. The van der Waals surface area contributed by atoms with Crippen LogP contribution in [0.5, 0.6) is 0 Å². The van der Waals surface area contributed by atoms with Gasteiger partial charge in [0.25, 0.3) is 0 Å². The molecular weight excluding hydrogens is 1100 g/mol. The molecule has 0 radical (unpaired) electrons. The number of ether oxygens (including phenoxy) is 4. The number of benzene rings is 5. The molecule has 16 nitrogen and oxygen atoms in total. The predicted molar refractivity (Wildman–Crippen MR) is 355 cm³/mol. The van der Waals surface area contributed by atoms with E-state index in [2.05, 4.69) is 44.4 Å². The first-order valence-electron chi connectivity index (χ1n) is 31.3. The fourth-order valence-corrected chi connectivity index (χ4v) is 11.1. The highest BCUT2D eigenvalue weighted by Gasteiger charge is 2.36. The SMILES string of the molecule is CC1=CC2=Nc3cc(C)c(N(CCCCCCCCCCCCN(C(=O)OC(C)(C)C)c4cc5c(cc4C)nc4cc(C)c(NC(=O)OC(C)(C)C)cc4[n+]5-c4ccccc4)C(=O)OC(C)(C)C)cc3N(c3ccccc3)C2C=C1NC(=O)OC(C)(C)C. The number of nitrogens with one attached hydrogen (secondary N) is 2. The molecule has 1 atom stereocenters. The molecule has 2 heterocycles. The molecule has 0 fully saturated rings. The average Bonchev–Trinajstić information content (AvgIpc) is 1.81. The van der Waals surface area contributed by atoms with Gasteiger partial charge in [0.1, 0.15) is 33.4 Å². The Morgan fingerprint density at radius 2 is 0.989 bits per heavy atom. The zero-order chi connectivity index (χ0) is 63.9. The van der Waals surface area contributed by atoms with Crippen molar-refractivity contribution in [1.82, 2.24) is 10.3 Å². The summed E-state index contributed by atoms with van der Waals surface area (Å²) in [5, 5.41) is 5.93. The van der Waals surface area contributed by atoms with Crippen LogP contribution in [0.3, 0.4) is 0 Å². The number of anilines is 5. The van der Waals surface area contributed by atoms with Gasteiger partial charge in [0, 0.05) is 48.7 Å². The summed E-state index contributed by atoms with van der Waals surface area (Å²) in [5.41, 5.74) is 10.9. The van der Waals surface area contributed by atoms with Gasteiger partial charge < -0.3 is 23.8 Å². The normalized spacial score (nSPS) is 14.2. The monoisotopic (exact) mass is 1200 g/mol. The summed E-state index contributed by atoms with van der Waals surface area (Å²) in [7, 11) is 0. The molecule has 16 heteroatoms. The molecule has 2 N–H and O–H groups in total. The van der Waals surface area contributed by atoms with Gasteiger partial charge >= 0.3 is 24.4 Å². The van der Waals surface area contributed by atoms with E-state index >= 15 is 0 Å². The minimum Gasteiger partial charge on any atom is -0.444 e. The van der Waals surface area contributed by atoms with Gasteiger partial charge in [-0.25, -0.2) is 29.2 Å². The number of allylic oxidation sites excluding steroid dienone is 1. The van der Waals surface area contributed by atoms with Gasteiger partial charge in [0.05, 0.1) is 40.2 Å². The van der Waals surface area contributed by atoms with Crippen LogP contribution in [0.15, 0.2) is 125 Å². The number of unbranched alkanes of at least 4 members (excludes halogenated alkanes) is 9. The lowest BCUT2D eigenvalue weighted by Crippen LogP contribution is -2.42. The number of aliphatic imine (C=N–C) groups is 1. The molecule has 1 aromatic heterocycles. The maximum Gasteiger partial charge on any atom is 0.414 e. The maximum absolute atomic E-state index is 14.2. The van der Waals surface area contributed by atoms with Crippen molar-refractivity contribution in [3.63, 3.8) is 0 Å². The van der Waals surface area contributed by atoms with Gasteiger partial charge in [0.2, 0.25) is 16.7 Å². The van der Waals surface area contributed by atoms with E-state index < -0.39 is 46.8 Å². The molecule has 6 aromatic rings. The van der Waals surface area contributed by atoms with Crippen LogP contribution in [-0.4, -0.2) is 76.6 Å². The molecule has 8 rings (SSSR count). The summed E-state index contributed by atoms with van der Waals surface area (Å²) in [6, 6.07) is 31.9. The van der Waals surface area contributed by atoms with Crippen molar-refractivity contribution >= 4 is 86.3 Å². The summed E-state index contributed by atoms with van der Waals surface area (Å²) in [5.74, 6) is 0. The molecule has 4 amide bonds. The van der Waals surface area contributed by atoms with Crippen LogP contribution < -0.4 is 29.9 Å². The first-order chi connectivity index (χ1) is 41.4. The summed E-state index contributed by atoms with van der Waals surface area (Å²) in [6.45, 7) is 31.3. The minimum absolute atomic E-state index is 0.358. The number of aromatic nitrogens is 2. The number of hydrogen-bond donors (Lipinski definition) is 2. The Morgan fingerprint density at radius 1 is 0.534 bits per heavy atom. The number of hydrogen-bond acceptors (Lipinski definition) is 11. The minimum atomic E-state index is -0.705. The molecule has 1 aliphatic carbocycles. The Balaban J connectivity index is 0.906. The lowest BCUT2D eigenvalue weighted by Gasteiger charge is -2.39. The van der Waals surface area contributed by atoms with E-state index in [1.807, 2.05) is 196 Å². The van der Waals surface area contributed by atoms with Crippen molar-refractivity contribution in [2.24, 2.45) is 4.99 Å². The molecule has 0 saturated heterocycles. The Hall–Kier alpha value is -8.27. The number of carbonyl (C=O) groups excluding carboxylic acids is 4. The number of aryl methyl sites for hydroxylation is 3.